The van der Waals surface area contributed by atoms with Crippen LogP contribution in [0.25, 0.3) is 0 Å². The molecule has 2 nitrogen and oxygen atoms in total. The van der Waals surface area contributed by atoms with E-state index < -0.39 is 0 Å². The molecule has 1 aliphatic heterocycles. The number of carbonyl (C=O) groups is 1. The van der Waals surface area contributed by atoms with E-state index in [1.165, 1.54) is 11.8 Å². The highest BCUT2D eigenvalue weighted by molar-refractivity contribution is 8.14. The molecule has 0 aromatic heterocycles. The molecule has 1 aromatic carbocycles. The molecule has 1 aromatic rings. The van der Waals surface area contributed by atoms with E-state index in [0.717, 1.165) is 23.5 Å². The van der Waals surface area contributed by atoms with Gasteiger partial charge in [-0.2, -0.15) is 0 Å². The van der Waals surface area contributed by atoms with Crippen LogP contribution in [-0.4, -0.2) is 21.9 Å². The van der Waals surface area contributed by atoms with Crippen molar-refractivity contribution < 1.29 is 4.79 Å². The van der Waals surface area contributed by atoms with Gasteiger partial charge in [0.05, 0.1) is 4.99 Å². The van der Waals surface area contributed by atoms with E-state index in [0.29, 0.717) is 5.25 Å². The predicted molar refractivity (Wildman–Crippen MR) is 67.4 cm³/mol. The van der Waals surface area contributed by atoms with Crippen LogP contribution in [0.15, 0.2) is 30.3 Å². The SMILES string of the molecule is O=C(S[C@H]1CNC(=S)C1)c1ccccc1. The number of thiocarbonyl (C=S) groups is 1. The van der Waals surface area contributed by atoms with E-state index in [-0.39, 0.29) is 5.12 Å². The molecular weight excluding hydrogens is 226 g/mol. The molecular formula is C11H11NOS2. The predicted octanol–water partition coefficient (Wildman–Crippen LogP) is 2.25. The number of benzene rings is 1. The zero-order chi connectivity index (χ0) is 10.7. The molecule has 1 N–H and O–H groups in total. The van der Waals surface area contributed by atoms with Crippen molar-refractivity contribution in [2.24, 2.45) is 0 Å². The van der Waals surface area contributed by atoms with Gasteiger partial charge in [-0.15, -0.1) is 0 Å². The van der Waals surface area contributed by atoms with E-state index in [4.69, 9.17) is 12.2 Å². The number of thioether (sulfide) groups is 1. The Morgan fingerprint density at radius 3 is 2.73 bits per heavy atom. The molecule has 0 spiro atoms. The van der Waals surface area contributed by atoms with Crippen molar-refractivity contribution in [3.63, 3.8) is 0 Å². The Kier molecular flexibility index (Phi) is 3.38. The molecule has 1 heterocycles. The zero-order valence-electron chi connectivity index (χ0n) is 8.10. The minimum absolute atomic E-state index is 0.132. The first kappa shape index (κ1) is 10.6. The van der Waals surface area contributed by atoms with Crippen LogP contribution in [0.4, 0.5) is 0 Å². The summed E-state index contributed by atoms with van der Waals surface area (Å²) in [7, 11) is 0. The molecule has 1 saturated heterocycles. The summed E-state index contributed by atoms with van der Waals surface area (Å²) >= 11 is 6.41. The number of hydrogen-bond acceptors (Lipinski definition) is 3. The highest BCUT2D eigenvalue weighted by Crippen LogP contribution is 2.22. The van der Waals surface area contributed by atoms with Gasteiger partial charge in [-0.05, 0) is 0 Å². The molecule has 0 aliphatic carbocycles. The van der Waals surface area contributed by atoms with E-state index in [1.807, 2.05) is 30.3 Å². The number of rotatable bonds is 2. The van der Waals surface area contributed by atoms with Crippen LogP contribution in [-0.2, 0) is 0 Å². The fourth-order valence-corrected chi connectivity index (χ4v) is 2.84. The first-order valence-electron chi connectivity index (χ1n) is 4.78. The summed E-state index contributed by atoms with van der Waals surface area (Å²) in [6.07, 6.45) is 0.818. The second-order valence-corrected chi connectivity index (χ2v) is 5.17. The van der Waals surface area contributed by atoms with Gasteiger partial charge in [0.2, 0.25) is 5.12 Å². The molecule has 1 atom stereocenters. The second-order valence-electron chi connectivity index (χ2n) is 3.40. The summed E-state index contributed by atoms with van der Waals surface area (Å²) in [6, 6.07) is 9.36. The average Bonchev–Trinajstić information content (AvgIpc) is 2.65. The van der Waals surface area contributed by atoms with Gasteiger partial charge in [0.15, 0.2) is 0 Å². The first-order valence-corrected chi connectivity index (χ1v) is 6.07. The van der Waals surface area contributed by atoms with Crippen LogP contribution in [0.2, 0.25) is 0 Å². The smallest absolute Gasteiger partial charge is 0.219 e. The topological polar surface area (TPSA) is 29.1 Å². The summed E-state index contributed by atoms with van der Waals surface area (Å²) in [4.78, 5) is 12.7. The minimum Gasteiger partial charge on any atom is -0.378 e. The standard InChI is InChI=1S/C11H11NOS2/c13-11(8-4-2-1-3-5-8)15-9-6-10(14)12-7-9/h1-5,9H,6-7H2,(H,12,14)/t9-/m1/s1. The lowest BCUT2D eigenvalue weighted by molar-refractivity contribution is 0.108. The molecule has 78 valence electrons. The lowest BCUT2D eigenvalue weighted by Crippen LogP contribution is -2.14. The Morgan fingerprint density at radius 2 is 2.13 bits per heavy atom. The van der Waals surface area contributed by atoms with Gasteiger partial charge in [0.25, 0.3) is 0 Å². The Labute approximate surface area is 98.4 Å². The van der Waals surface area contributed by atoms with Crippen LogP contribution >= 0.6 is 24.0 Å². The van der Waals surface area contributed by atoms with Crippen LogP contribution in [0.5, 0.6) is 0 Å². The fourth-order valence-electron chi connectivity index (χ4n) is 1.46. The third-order valence-electron chi connectivity index (χ3n) is 2.22. The summed E-state index contributed by atoms with van der Waals surface area (Å²) in [5, 5.41) is 3.51. The largest absolute Gasteiger partial charge is 0.378 e. The Bertz CT molecular complexity index is 377. The number of carbonyl (C=O) groups excluding carboxylic acids is 1. The maximum absolute atomic E-state index is 11.8. The van der Waals surface area contributed by atoms with E-state index in [1.54, 1.807) is 0 Å². The maximum atomic E-state index is 11.8. The molecule has 15 heavy (non-hydrogen) atoms. The van der Waals surface area contributed by atoms with Crippen LogP contribution < -0.4 is 5.32 Å². The minimum atomic E-state index is 0.132. The van der Waals surface area contributed by atoms with Gasteiger partial charge < -0.3 is 5.32 Å². The van der Waals surface area contributed by atoms with Crippen molar-refractivity contribution in [2.45, 2.75) is 11.7 Å². The monoisotopic (exact) mass is 237 g/mol. The number of hydrogen-bond donors (Lipinski definition) is 1. The molecule has 1 fully saturated rings. The van der Waals surface area contributed by atoms with Gasteiger partial charge in [-0.3, -0.25) is 4.79 Å². The molecule has 1 aliphatic rings. The fraction of sp³-hybridized carbons (Fsp3) is 0.273. The van der Waals surface area contributed by atoms with Gasteiger partial charge in [-0.25, -0.2) is 0 Å². The van der Waals surface area contributed by atoms with Crippen LogP contribution in [0, 0.1) is 0 Å². The summed E-state index contributed by atoms with van der Waals surface area (Å²) in [5.41, 5.74) is 0.764. The second kappa shape index (κ2) is 4.77. The van der Waals surface area contributed by atoms with Gasteiger partial charge >= 0.3 is 0 Å². The maximum Gasteiger partial charge on any atom is 0.219 e. The Balaban J connectivity index is 1.96. The van der Waals surface area contributed by atoms with Gasteiger partial charge in [0, 0.05) is 23.8 Å². The molecule has 0 unspecified atom stereocenters. The van der Waals surface area contributed by atoms with Crippen LogP contribution in [0.1, 0.15) is 16.8 Å². The Hall–Kier alpha value is -0.870. The van der Waals surface area contributed by atoms with Crippen LogP contribution in [0.3, 0.4) is 0 Å². The van der Waals surface area contributed by atoms with E-state index in [9.17, 15) is 4.79 Å². The number of nitrogens with one attached hydrogen (secondary N) is 1. The molecule has 0 amide bonds. The van der Waals surface area contributed by atoms with Crippen molar-refractivity contribution in [3.8, 4) is 0 Å². The van der Waals surface area contributed by atoms with Crippen molar-refractivity contribution in [2.75, 3.05) is 6.54 Å². The highest BCUT2D eigenvalue weighted by Gasteiger charge is 2.22. The zero-order valence-corrected chi connectivity index (χ0v) is 9.74. The molecule has 0 bridgehead atoms. The van der Waals surface area contributed by atoms with Crippen molar-refractivity contribution >= 4 is 34.1 Å². The summed E-state index contributed by atoms with van der Waals surface area (Å²) in [6.45, 7) is 0.808. The summed E-state index contributed by atoms with van der Waals surface area (Å²) in [5.74, 6) is 0. The lowest BCUT2D eigenvalue weighted by atomic mass is 10.2. The normalized spacial score (nSPS) is 20.0. The van der Waals surface area contributed by atoms with Gasteiger partial charge in [-0.1, -0.05) is 54.3 Å². The van der Waals surface area contributed by atoms with Crippen molar-refractivity contribution in [1.82, 2.24) is 5.32 Å². The molecule has 0 saturated carbocycles. The van der Waals surface area contributed by atoms with E-state index >= 15 is 0 Å². The van der Waals surface area contributed by atoms with E-state index in [2.05, 4.69) is 5.32 Å². The quantitative estimate of drug-likeness (QED) is 0.799. The third kappa shape index (κ3) is 2.79. The third-order valence-corrected chi connectivity index (χ3v) is 3.65. The van der Waals surface area contributed by atoms with Crippen molar-refractivity contribution in [3.05, 3.63) is 35.9 Å². The molecule has 4 heteroatoms. The van der Waals surface area contributed by atoms with Gasteiger partial charge in [0.1, 0.15) is 0 Å². The van der Waals surface area contributed by atoms with Crippen molar-refractivity contribution in [1.29, 1.82) is 0 Å². The highest BCUT2D eigenvalue weighted by atomic mass is 32.2. The Morgan fingerprint density at radius 1 is 1.40 bits per heavy atom. The molecule has 0 radical (unpaired) electrons. The summed E-state index contributed by atoms with van der Waals surface area (Å²) < 4.78 is 0. The molecule has 2 rings (SSSR count). The first-order chi connectivity index (χ1) is 7.25. The lowest BCUT2D eigenvalue weighted by Gasteiger charge is -2.05. The average molecular weight is 237 g/mol.